The number of likely N-dealkylation sites (tertiary alicyclic amines) is 1. The van der Waals surface area contributed by atoms with Gasteiger partial charge in [0.1, 0.15) is 0 Å². The summed E-state index contributed by atoms with van der Waals surface area (Å²) in [6.45, 7) is 2.97. The van der Waals surface area contributed by atoms with Gasteiger partial charge in [-0.1, -0.05) is 66.2 Å². The van der Waals surface area contributed by atoms with Crippen molar-refractivity contribution >= 4 is 29.1 Å². The molecule has 2 N–H and O–H groups in total. The lowest BCUT2D eigenvalue weighted by atomic mass is 9.95. The molecule has 0 bridgehead atoms. The highest BCUT2D eigenvalue weighted by atomic mass is 35.5. The quantitative estimate of drug-likeness (QED) is 0.513. The van der Waals surface area contributed by atoms with Crippen LogP contribution in [0.25, 0.3) is 0 Å². The molecule has 4 rings (SSSR count). The Morgan fingerprint density at radius 2 is 1.58 bits per heavy atom. The molecule has 1 aliphatic heterocycles. The Morgan fingerprint density at radius 1 is 0.879 bits per heavy atom. The number of para-hydroxylation sites is 1. The second-order valence-electron chi connectivity index (χ2n) is 8.38. The molecule has 0 saturated carbocycles. The Balaban J connectivity index is 1.31. The molecule has 1 heterocycles. The highest BCUT2D eigenvalue weighted by Gasteiger charge is 2.26. The maximum atomic E-state index is 13.0. The van der Waals surface area contributed by atoms with E-state index in [4.69, 9.17) is 11.6 Å². The number of nitrogens with one attached hydrogen (secondary N) is 2. The van der Waals surface area contributed by atoms with Gasteiger partial charge < -0.3 is 10.6 Å². The lowest BCUT2D eigenvalue weighted by Gasteiger charge is -2.31. The minimum absolute atomic E-state index is 0.0271. The first-order chi connectivity index (χ1) is 16.1. The van der Waals surface area contributed by atoms with Gasteiger partial charge in [0.25, 0.3) is 5.91 Å². The summed E-state index contributed by atoms with van der Waals surface area (Å²) in [6, 6.07) is 24.8. The van der Waals surface area contributed by atoms with Crippen molar-refractivity contribution in [1.29, 1.82) is 0 Å². The van der Waals surface area contributed by atoms with E-state index in [2.05, 4.69) is 21.6 Å². The van der Waals surface area contributed by atoms with Crippen molar-refractivity contribution in [1.82, 2.24) is 10.2 Å². The molecule has 3 aromatic rings. The average molecular weight is 462 g/mol. The summed E-state index contributed by atoms with van der Waals surface area (Å²) in [5.74, 6) is -0.298. The molecule has 170 valence electrons. The fourth-order valence-corrected chi connectivity index (χ4v) is 4.36. The van der Waals surface area contributed by atoms with Gasteiger partial charge >= 0.3 is 0 Å². The normalized spacial score (nSPS) is 14.6. The zero-order valence-corrected chi connectivity index (χ0v) is 19.2. The largest absolute Gasteiger partial charge is 0.348 e. The van der Waals surface area contributed by atoms with E-state index >= 15 is 0 Å². The van der Waals surface area contributed by atoms with Crippen LogP contribution < -0.4 is 10.6 Å². The first-order valence-electron chi connectivity index (χ1n) is 11.3. The third kappa shape index (κ3) is 6.44. The van der Waals surface area contributed by atoms with Crippen molar-refractivity contribution in [2.75, 3.05) is 18.4 Å². The number of anilines is 1. The van der Waals surface area contributed by atoms with Crippen molar-refractivity contribution in [3.8, 4) is 0 Å². The third-order valence-corrected chi connectivity index (χ3v) is 6.21. The van der Waals surface area contributed by atoms with E-state index in [-0.39, 0.29) is 17.7 Å². The van der Waals surface area contributed by atoms with Crippen molar-refractivity contribution < 1.29 is 9.59 Å². The molecule has 5 nitrogen and oxygen atoms in total. The van der Waals surface area contributed by atoms with Crippen LogP contribution in [-0.2, 0) is 17.9 Å². The number of rotatable bonds is 7. The molecule has 3 aromatic carbocycles. The Hall–Kier alpha value is -3.15. The zero-order chi connectivity index (χ0) is 23.0. The summed E-state index contributed by atoms with van der Waals surface area (Å²) in [7, 11) is 0. The number of halogens is 1. The molecular formula is C27H28ClN3O2. The summed E-state index contributed by atoms with van der Waals surface area (Å²) in [5, 5.41) is 6.67. The number of nitrogens with zero attached hydrogens (tertiary/aromatic N) is 1. The number of benzene rings is 3. The second-order valence-corrected chi connectivity index (χ2v) is 8.82. The first-order valence-corrected chi connectivity index (χ1v) is 11.6. The number of carbonyl (C=O) groups excluding carboxylic acids is 2. The lowest BCUT2D eigenvalue weighted by Crippen LogP contribution is -2.38. The van der Waals surface area contributed by atoms with E-state index in [0.717, 1.165) is 43.1 Å². The molecule has 2 amide bonds. The van der Waals surface area contributed by atoms with Gasteiger partial charge in [0.05, 0.1) is 11.3 Å². The number of hydrogen-bond donors (Lipinski definition) is 2. The fraction of sp³-hybridized carbons (Fsp3) is 0.259. The maximum Gasteiger partial charge on any atom is 0.253 e. The molecule has 1 fully saturated rings. The van der Waals surface area contributed by atoms with E-state index < -0.39 is 0 Å². The van der Waals surface area contributed by atoms with Crippen LogP contribution in [0.1, 0.15) is 34.3 Å². The lowest BCUT2D eigenvalue weighted by molar-refractivity contribution is -0.121. The van der Waals surface area contributed by atoms with E-state index in [1.165, 1.54) is 5.56 Å². The van der Waals surface area contributed by atoms with Gasteiger partial charge in [-0.25, -0.2) is 0 Å². The number of amides is 2. The maximum absolute atomic E-state index is 13.0. The van der Waals surface area contributed by atoms with Gasteiger partial charge in [-0.2, -0.15) is 0 Å². The zero-order valence-electron chi connectivity index (χ0n) is 18.5. The summed E-state index contributed by atoms with van der Waals surface area (Å²) in [6.07, 6.45) is 1.57. The van der Waals surface area contributed by atoms with Crippen LogP contribution in [0, 0.1) is 5.92 Å². The predicted octanol–water partition coefficient (Wildman–Crippen LogP) is 5.12. The van der Waals surface area contributed by atoms with Gasteiger partial charge in [-0.05, 0) is 61.3 Å². The highest BCUT2D eigenvalue weighted by molar-refractivity contribution is 6.30. The Bertz CT molecular complexity index is 1100. The molecule has 33 heavy (non-hydrogen) atoms. The van der Waals surface area contributed by atoms with Gasteiger partial charge in [0.15, 0.2) is 0 Å². The summed E-state index contributed by atoms with van der Waals surface area (Å²) >= 11 is 6.09. The molecule has 0 unspecified atom stereocenters. The van der Waals surface area contributed by atoms with E-state index in [9.17, 15) is 9.59 Å². The van der Waals surface area contributed by atoms with E-state index in [1.54, 1.807) is 18.2 Å². The smallest absolute Gasteiger partial charge is 0.253 e. The van der Waals surface area contributed by atoms with Crippen LogP contribution >= 0.6 is 11.6 Å². The minimum Gasteiger partial charge on any atom is -0.348 e. The van der Waals surface area contributed by atoms with Gasteiger partial charge in [0, 0.05) is 24.0 Å². The molecule has 0 aliphatic carbocycles. The van der Waals surface area contributed by atoms with Gasteiger partial charge in [0.2, 0.25) is 5.91 Å². The van der Waals surface area contributed by atoms with Gasteiger partial charge in [-0.3, -0.25) is 14.5 Å². The predicted molar refractivity (Wildman–Crippen MR) is 132 cm³/mol. The topological polar surface area (TPSA) is 61.4 Å². The monoisotopic (exact) mass is 461 g/mol. The van der Waals surface area contributed by atoms with Crippen LogP contribution in [0.4, 0.5) is 5.69 Å². The van der Waals surface area contributed by atoms with Crippen LogP contribution in [0.5, 0.6) is 0 Å². The van der Waals surface area contributed by atoms with Gasteiger partial charge in [-0.15, -0.1) is 0 Å². The third-order valence-electron chi connectivity index (χ3n) is 5.98. The van der Waals surface area contributed by atoms with E-state index in [1.807, 2.05) is 54.6 Å². The SMILES string of the molecule is O=C(NCc1ccccc1)c1ccccc1NC(=O)C1CCN(Cc2cccc(Cl)c2)CC1. The summed E-state index contributed by atoms with van der Waals surface area (Å²) < 4.78 is 0. The minimum atomic E-state index is -0.203. The molecule has 1 aliphatic rings. The van der Waals surface area contributed by atoms with Crippen molar-refractivity contribution in [3.05, 3.63) is 101 Å². The molecule has 1 saturated heterocycles. The van der Waals surface area contributed by atoms with Crippen LogP contribution in [-0.4, -0.2) is 29.8 Å². The fourth-order valence-electron chi connectivity index (χ4n) is 4.15. The molecule has 0 atom stereocenters. The average Bonchev–Trinajstić information content (AvgIpc) is 2.84. The second kappa shape index (κ2) is 11.1. The number of carbonyl (C=O) groups is 2. The molecule has 0 spiro atoms. The van der Waals surface area contributed by atoms with E-state index in [0.29, 0.717) is 17.8 Å². The number of piperidine rings is 1. The van der Waals surface area contributed by atoms with Crippen LogP contribution in [0.15, 0.2) is 78.9 Å². The molecule has 0 aromatic heterocycles. The summed E-state index contributed by atoms with van der Waals surface area (Å²) in [5.41, 5.74) is 3.23. The van der Waals surface area contributed by atoms with Crippen molar-refractivity contribution in [2.45, 2.75) is 25.9 Å². The Kier molecular flexibility index (Phi) is 7.76. The Morgan fingerprint density at radius 3 is 2.33 bits per heavy atom. The summed E-state index contributed by atoms with van der Waals surface area (Å²) in [4.78, 5) is 28.1. The number of hydrogen-bond acceptors (Lipinski definition) is 3. The molecule has 6 heteroatoms. The molecular weight excluding hydrogens is 434 g/mol. The Labute approximate surface area is 199 Å². The van der Waals surface area contributed by atoms with Crippen LogP contribution in [0.3, 0.4) is 0 Å². The highest BCUT2D eigenvalue weighted by Crippen LogP contribution is 2.23. The van der Waals surface area contributed by atoms with Crippen molar-refractivity contribution in [2.24, 2.45) is 5.92 Å². The standard InChI is InChI=1S/C27H28ClN3O2/c28-23-10-6-9-21(17-23)19-31-15-13-22(14-16-31)26(32)30-25-12-5-4-11-24(25)27(33)29-18-20-7-2-1-3-8-20/h1-12,17,22H,13-16,18-19H2,(H,29,33)(H,30,32). The van der Waals surface area contributed by atoms with Crippen LogP contribution in [0.2, 0.25) is 5.02 Å². The first kappa shape index (κ1) is 23.0. The van der Waals surface area contributed by atoms with Crippen molar-refractivity contribution in [3.63, 3.8) is 0 Å². The molecule has 0 radical (unpaired) electrons.